The number of hydrogen-bond acceptors (Lipinski definition) is 9. The van der Waals surface area contributed by atoms with Crippen molar-refractivity contribution < 1.29 is 28.4 Å². The fourth-order valence-corrected chi connectivity index (χ4v) is 2.38. The summed E-state index contributed by atoms with van der Waals surface area (Å²) < 4.78 is 16.4. The van der Waals surface area contributed by atoms with E-state index in [-0.39, 0.29) is 32.1 Å². The Labute approximate surface area is 154 Å². The van der Waals surface area contributed by atoms with E-state index in [1.165, 1.54) is 29.9 Å². The Morgan fingerprint density at radius 1 is 1.26 bits per heavy atom. The highest BCUT2D eigenvalue weighted by Crippen LogP contribution is 2.26. The van der Waals surface area contributed by atoms with Gasteiger partial charge >= 0.3 is 17.8 Å². The van der Waals surface area contributed by atoms with Crippen LogP contribution in [0.15, 0.2) is 22.7 Å². The molecule has 0 aliphatic heterocycles. The number of aromatic nitrogens is 3. The molecule has 0 radical (unpaired) electrons. The van der Waals surface area contributed by atoms with Crippen LogP contribution in [0.25, 0.3) is 0 Å². The van der Waals surface area contributed by atoms with Crippen molar-refractivity contribution >= 4 is 17.8 Å². The lowest BCUT2D eigenvalue weighted by molar-refractivity contribution is -0.402. The molecule has 0 saturated heterocycles. The first-order chi connectivity index (χ1) is 12.8. The van der Waals surface area contributed by atoms with Crippen molar-refractivity contribution in [2.75, 3.05) is 13.2 Å². The SMILES string of the molecule is CCOC(=O)C(C)(Cc1cn(Cc2ccc([N+](=O)[O-])o2)nn1)C(=O)OCC. The quantitative estimate of drug-likeness (QED) is 0.274. The van der Waals surface area contributed by atoms with E-state index in [4.69, 9.17) is 13.9 Å². The first-order valence-electron chi connectivity index (χ1n) is 8.26. The topological polar surface area (TPSA) is 140 Å². The second-order valence-corrected chi connectivity index (χ2v) is 5.85. The molecule has 11 heteroatoms. The number of esters is 2. The zero-order valence-corrected chi connectivity index (χ0v) is 15.2. The lowest BCUT2D eigenvalue weighted by Crippen LogP contribution is -2.41. The maximum Gasteiger partial charge on any atom is 0.433 e. The molecule has 0 atom stereocenters. The summed E-state index contributed by atoms with van der Waals surface area (Å²) in [6.45, 7) is 5.06. The van der Waals surface area contributed by atoms with Crippen LogP contribution in [0, 0.1) is 15.5 Å². The molecular weight excluding hydrogens is 360 g/mol. The molecule has 0 bridgehead atoms. The van der Waals surface area contributed by atoms with E-state index in [1.54, 1.807) is 13.8 Å². The van der Waals surface area contributed by atoms with Gasteiger partial charge in [0.05, 0.1) is 25.0 Å². The lowest BCUT2D eigenvalue weighted by atomic mass is 9.85. The van der Waals surface area contributed by atoms with Crippen LogP contribution in [0.2, 0.25) is 0 Å². The van der Waals surface area contributed by atoms with Crippen molar-refractivity contribution in [1.82, 2.24) is 15.0 Å². The number of furan rings is 1. The number of carbonyl (C=O) groups is 2. The van der Waals surface area contributed by atoms with Gasteiger partial charge in [-0.15, -0.1) is 5.10 Å². The Morgan fingerprint density at radius 3 is 2.41 bits per heavy atom. The molecule has 0 aliphatic rings. The van der Waals surface area contributed by atoms with Crippen LogP contribution in [0.3, 0.4) is 0 Å². The Morgan fingerprint density at radius 2 is 1.89 bits per heavy atom. The lowest BCUT2D eigenvalue weighted by Gasteiger charge is -2.23. The van der Waals surface area contributed by atoms with Crippen molar-refractivity contribution in [3.05, 3.63) is 39.9 Å². The molecule has 27 heavy (non-hydrogen) atoms. The second kappa shape index (κ2) is 8.43. The Hall–Kier alpha value is -3.24. The summed E-state index contributed by atoms with van der Waals surface area (Å²) in [5, 5.41) is 18.5. The normalized spacial score (nSPS) is 11.2. The van der Waals surface area contributed by atoms with Gasteiger partial charge in [0.25, 0.3) is 0 Å². The predicted octanol–water partition coefficient (Wildman–Crippen LogP) is 1.50. The molecule has 2 aromatic rings. The highest BCUT2D eigenvalue weighted by molar-refractivity contribution is 5.99. The number of ether oxygens (including phenoxy) is 2. The predicted molar refractivity (Wildman–Crippen MR) is 89.6 cm³/mol. The van der Waals surface area contributed by atoms with Gasteiger partial charge in [-0.05, 0) is 26.8 Å². The molecule has 0 saturated carbocycles. The molecule has 0 fully saturated rings. The van der Waals surface area contributed by atoms with Crippen molar-refractivity contribution in [3.8, 4) is 0 Å². The first kappa shape index (κ1) is 20.1. The summed E-state index contributed by atoms with van der Waals surface area (Å²) in [6, 6.07) is 2.70. The number of nitro groups is 1. The van der Waals surface area contributed by atoms with Crippen LogP contribution in [-0.4, -0.2) is 45.1 Å². The molecule has 0 unspecified atom stereocenters. The molecule has 2 aromatic heterocycles. The number of hydrogen-bond donors (Lipinski definition) is 0. The maximum absolute atomic E-state index is 12.3. The summed E-state index contributed by atoms with van der Waals surface area (Å²) >= 11 is 0. The van der Waals surface area contributed by atoms with Gasteiger partial charge in [-0.25, -0.2) is 4.68 Å². The molecule has 0 aromatic carbocycles. The summed E-state index contributed by atoms with van der Waals surface area (Å²) in [6.07, 6.45) is 1.45. The maximum atomic E-state index is 12.3. The minimum Gasteiger partial charge on any atom is -0.465 e. The van der Waals surface area contributed by atoms with Gasteiger partial charge in [0.1, 0.15) is 17.2 Å². The minimum atomic E-state index is -1.56. The zero-order valence-electron chi connectivity index (χ0n) is 15.2. The molecular formula is C16H20N4O7. The van der Waals surface area contributed by atoms with Crippen LogP contribution in [0.4, 0.5) is 5.88 Å². The van der Waals surface area contributed by atoms with Gasteiger partial charge in [0.15, 0.2) is 5.41 Å². The zero-order chi connectivity index (χ0) is 20.0. The third-order valence-electron chi connectivity index (χ3n) is 3.72. The minimum absolute atomic E-state index is 0.0665. The standard InChI is InChI=1S/C16H20N4O7/c1-4-25-14(21)16(3,15(22)26-5-2)8-11-9-19(18-17-11)10-12-6-7-13(27-12)20(23)24/h6-7,9H,4-5,8,10H2,1-3H3. The van der Waals surface area contributed by atoms with Gasteiger partial charge in [-0.2, -0.15) is 0 Å². The monoisotopic (exact) mass is 380 g/mol. The molecule has 146 valence electrons. The number of nitrogens with zero attached hydrogens (tertiary/aromatic N) is 4. The van der Waals surface area contributed by atoms with E-state index in [0.717, 1.165) is 0 Å². The summed E-state index contributed by atoms with van der Waals surface area (Å²) in [5.41, 5.74) is -1.20. The van der Waals surface area contributed by atoms with Gasteiger partial charge < -0.3 is 13.9 Å². The van der Waals surface area contributed by atoms with Crippen molar-refractivity contribution in [2.45, 2.75) is 33.7 Å². The fraction of sp³-hybridized carbons (Fsp3) is 0.500. The van der Waals surface area contributed by atoms with E-state index < -0.39 is 22.3 Å². The van der Waals surface area contributed by atoms with Gasteiger partial charge in [0.2, 0.25) is 0 Å². The second-order valence-electron chi connectivity index (χ2n) is 5.85. The van der Waals surface area contributed by atoms with Crippen molar-refractivity contribution in [1.29, 1.82) is 0 Å². The highest BCUT2D eigenvalue weighted by atomic mass is 16.6. The molecule has 0 aliphatic carbocycles. The van der Waals surface area contributed by atoms with Crippen molar-refractivity contribution in [2.24, 2.45) is 5.41 Å². The Bertz CT molecular complexity index is 808. The average Bonchev–Trinajstić information content (AvgIpc) is 3.25. The molecule has 2 heterocycles. The Kier molecular flexibility index (Phi) is 6.27. The smallest absolute Gasteiger partial charge is 0.433 e. The molecule has 0 spiro atoms. The third kappa shape index (κ3) is 4.68. The van der Waals surface area contributed by atoms with Gasteiger partial charge in [-0.1, -0.05) is 5.21 Å². The fourth-order valence-electron chi connectivity index (χ4n) is 2.38. The van der Waals surface area contributed by atoms with Crippen LogP contribution in [0.1, 0.15) is 32.2 Å². The van der Waals surface area contributed by atoms with E-state index in [0.29, 0.717) is 11.5 Å². The summed E-state index contributed by atoms with van der Waals surface area (Å²) in [4.78, 5) is 34.6. The Balaban J connectivity index is 2.15. The summed E-state index contributed by atoms with van der Waals surface area (Å²) in [7, 11) is 0. The van der Waals surface area contributed by atoms with Crippen LogP contribution in [-0.2, 0) is 32.0 Å². The first-order valence-corrected chi connectivity index (χ1v) is 8.26. The van der Waals surface area contributed by atoms with E-state index in [2.05, 4.69) is 10.3 Å². The van der Waals surface area contributed by atoms with Gasteiger partial charge in [0, 0.05) is 12.6 Å². The van der Waals surface area contributed by atoms with Crippen LogP contribution < -0.4 is 0 Å². The molecule has 0 N–H and O–H groups in total. The molecule has 2 rings (SSSR count). The largest absolute Gasteiger partial charge is 0.465 e. The van der Waals surface area contributed by atoms with E-state index in [1.807, 2.05) is 0 Å². The van der Waals surface area contributed by atoms with Crippen LogP contribution in [0.5, 0.6) is 0 Å². The number of rotatable bonds is 9. The summed E-state index contributed by atoms with van der Waals surface area (Å²) in [5.74, 6) is -1.47. The molecule has 0 amide bonds. The third-order valence-corrected chi connectivity index (χ3v) is 3.72. The molecule has 11 nitrogen and oxygen atoms in total. The van der Waals surface area contributed by atoms with Crippen LogP contribution >= 0.6 is 0 Å². The van der Waals surface area contributed by atoms with E-state index in [9.17, 15) is 19.7 Å². The number of carbonyl (C=O) groups excluding carboxylic acids is 2. The highest BCUT2D eigenvalue weighted by Gasteiger charge is 2.45. The average molecular weight is 380 g/mol. The van der Waals surface area contributed by atoms with E-state index >= 15 is 0 Å². The van der Waals surface area contributed by atoms with Crippen molar-refractivity contribution in [3.63, 3.8) is 0 Å². The van der Waals surface area contributed by atoms with Gasteiger partial charge in [-0.3, -0.25) is 19.7 Å².